The van der Waals surface area contributed by atoms with Crippen LogP contribution in [0, 0.1) is 5.92 Å². The first kappa shape index (κ1) is 24.3. The third-order valence-corrected chi connectivity index (χ3v) is 8.75. The standard InChI is InChI=1S/C24H30Cl2N4O2S/c1-29-11-9-15(10-12-29)30(2)24(32)28-18(13-14-3-4-14)16-5-6-17(22(26)21(16)25)19-7-8-20(33-19)23(27)31/h5-8,14-15,18H,3-4,9-13H2,1-2H3,(H2,27,31)(H,28,32). The fourth-order valence-electron chi connectivity index (χ4n) is 4.39. The Morgan fingerprint density at radius 3 is 2.45 bits per heavy atom. The normalized spacial score (nSPS) is 18.2. The number of urea groups is 1. The summed E-state index contributed by atoms with van der Waals surface area (Å²) in [4.78, 5) is 30.0. The smallest absolute Gasteiger partial charge is 0.317 e. The first-order valence-electron chi connectivity index (χ1n) is 11.3. The molecule has 1 saturated carbocycles. The first-order valence-corrected chi connectivity index (χ1v) is 12.9. The zero-order valence-corrected chi connectivity index (χ0v) is 21.3. The second kappa shape index (κ2) is 10.2. The van der Waals surface area contributed by atoms with Crippen molar-refractivity contribution in [3.63, 3.8) is 0 Å². The van der Waals surface area contributed by atoms with Crippen molar-refractivity contribution in [2.24, 2.45) is 11.7 Å². The molecule has 1 atom stereocenters. The fraction of sp³-hybridized carbons (Fsp3) is 0.500. The summed E-state index contributed by atoms with van der Waals surface area (Å²) >= 11 is 14.7. The summed E-state index contributed by atoms with van der Waals surface area (Å²) < 4.78 is 0. The van der Waals surface area contributed by atoms with E-state index in [2.05, 4.69) is 17.3 Å². The summed E-state index contributed by atoms with van der Waals surface area (Å²) in [7, 11) is 3.99. The average molecular weight is 510 g/mol. The molecule has 9 heteroatoms. The van der Waals surface area contributed by atoms with Crippen LogP contribution in [0.5, 0.6) is 0 Å². The van der Waals surface area contributed by atoms with Crippen molar-refractivity contribution >= 4 is 46.5 Å². The number of nitrogens with zero attached hydrogens (tertiary/aromatic N) is 2. The number of nitrogens with one attached hydrogen (secondary N) is 1. The van der Waals surface area contributed by atoms with Crippen molar-refractivity contribution in [2.75, 3.05) is 27.2 Å². The Labute approximate surface area is 209 Å². The Morgan fingerprint density at radius 1 is 1.15 bits per heavy atom. The molecule has 0 spiro atoms. The number of carbonyl (C=O) groups is 2. The molecule has 2 aromatic rings. The molecule has 33 heavy (non-hydrogen) atoms. The molecule has 1 saturated heterocycles. The third kappa shape index (κ3) is 5.65. The van der Waals surface area contributed by atoms with E-state index in [1.807, 2.05) is 30.1 Å². The Hall–Kier alpha value is -1.80. The molecule has 1 aromatic carbocycles. The van der Waals surface area contributed by atoms with Crippen LogP contribution in [0.3, 0.4) is 0 Å². The maximum absolute atomic E-state index is 13.1. The molecule has 1 unspecified atom stereocenters. The molecule has 1 aromatic heterocycles. The van der Waals surface area contributed by atoms with Crippen molar-refractivity contribution in [2.45, 2.75) is 44.2 Å². The number of hydrogen-bond donors (Lipinski definition) is 2. The summed E-state index contributed by atoms with van der Waals surface area (Å²) in [5, 5.41) is 4.09. The second-order valence-corrected chi connectivity index (χ2v) is 11.0. The maximum atomic E-state index is 13.1. The van der Waals surface area contributed by atoms with Gasteiger partial charge < -0.3 is 20.9 Å². The number of hydrogen-bond acceptors (Lipinski definition) is 4. The second-order valence-electron chi connectivity index (χ2n) is 9.18. The SMILES string of the molecule is CN1CCC(N(C)C(=O)NC(CC2CC2)c2ccc(-c3ccc(C(N)=O)s3)c(Cl)c2Cl)CC1. The van der Waals surface area contributed by atoms with Gasteiger partial charge in [0.15, 0.2) is 0 Å². The van der Waals surface area contributed by atoms with E-state index in [0.717, 1.165) is 48.4 Å². The molecule has 0 radical (unpaired) electrons. The maximum Gasteiger partial charge on any atom is 0.317 e. The molecule has 3 amide bonds. The molecule has 2 heterocycles. The molecule has 2 aliphatic rings. The number of likely N-dealkylation sites (tertiary alicyclic amines) is 1. The quantitative estimate of drug-likeness (QED) is 0.525. The molecule has 3 N–H and O–H groups in total. The molecule has 0 bridgehead atoms. The van der Waals surface area contributed by atoms with Crippen LogP contribution in [0.1, 0.15) is 53.4 Å². The number of primary amides is 1. The summed E-state index contributed by atoms with van der Waals surface area (Å²) in [6.07, 6.45) is 5.14. The van der Waals surface area contributed by atoms with Crippen LogP contribution >= 0.6 is 34.5 Å². The van der Waals surface area contributed by atoms with Crippen LogP contribution in [0.4, 0.5) is 4.79 Å². The number of nitrogens with two attached hydrogens (primary N) is 1. The summed E-state index contributed by atoms with van der Waals surface area (Å²) in [6.45, 7) is 1.99. The van der Waals surface area contributed by atoms with Gasteiger partial charge in [-0.2, -0.15) is 0 Å². The van der Waals surface area contributed by atoms with E-state index in [1.54, 1.807) is 6.07 Å². The van der Waals surface area contributed by atoms with E-state index in [4.69, 9.17) is 28.9 Å². The van der Waals surface area contributed by atoms with Crippen LogP contribution in [-0.4, -0.2) is 55.0 Å². The molecule has 6 nitrogen and oxygen atoms in total. The van der Waals surface area contributed by atoms with Gasteiger partial charge in [-0.25, -0.2) is 4.79 Å². The zero-order valence-electron chi connectivity index (χ0n) is 18.9. The van der Waals surface area contributed by atoms with Crippen LogP contribution in [0.15, 0.2) is 24.3 Å². The van der Waals surface area contributed by atoms with E-state index in [0.29, 0.717) is 20.8 Å². The largest absolute Gasteiger partial charge is 0.365 e. The van der Waals surface area contributed by atoms with Gasteiger partial charge in [0.2, 0.25) is 0 Å². The van der Waals surface area contributed by atoms with E-state index in [1.165, 1.54) is 24.2 Å². The lowest BCUT2D eigenvalue weighted by atomic mass is 9.99. The number of amides is 3. The van der Waals surface area contributed by atoms with Crippen molar-refractivity contribution < 1.29 is 9.59 Å². The molecule has 1 aliphatic carbocycles. The van der Waals surface area contributed by atoms with Crippen LogP contribution in [0.25, 0.3) is 10.4 Å². The highest BCUT2D eigenvalue weighted by Gasteiger charge is 2.31. The van der Waals surface area contributed by atoms with Crippen LogP contribution in [-0.2, 0) is 0 Å². The Bertz CT molecular complexity index is 1030. The first-order chi connectivity index (χ1) is 15.7. The highest BCUT2D eigenvalue weighted by atomic mass is 35.5. The number of rotatable bonds is 7. The number of thiophene rings is 1. The topological polar surface area (TPSA) is 78.7 Å². The van der Waals surface area contributed by atoms with Crippen LogP contribution in [0.2, 0.25) is 10.0 Å². The fourth-order valence-corrected chi connectivity index (χ4v) is 5.90. The molecule has 178 valence electrons. The Morgan fingerprint density at radius 2 is 1.85 bits per heavy atom. The molecular formula is C24H30Cl2N4O2S. The van der Waals surface area contributed by atoms with Gasteiger partial charge in [-0.15, -0.1) is 11.3 Å². The Balaban J connectivity index is 1.54. The molecule has 4 rings (SSSR count). The van der Waals surface area contributed by atoms with Gasteiger partial charge in [0.25, 0.3) is 5.91 Å². The van der Waals surface area contributed by atoms with Gasteiger partial charge in [0.05, 0.1) is 21.0 Å². The summed E-state index contributed by atoms with van der Waals surface area (Å²) in [5.41, 5.74) is 6.97. The summed E-state index contributed by atoms with van der Waals surface area (Å²) in [5.74, 6) is 0.125. The minimum Gasteiger partial charge on any atom is -0.365 e. The van der Waals surface area contributed by atoms with Gasteiger partial charge in [-0.3, -0.25) is 4.79 Å². The van der Waals surface area contributed by atoms with E-state index >= 15 is 0 Å². The molecular weight excluding hydrogens is 479 g/mol. The minimum absolute atomic E-state index is 0.0733. The van der Waals surface area contributed by atoms with Gasteiger partial charge in [-0.05, 0) is 63.0 Å². The van der Waals surface area contributed by atoms with Crippen molar-refractivity contribution in [1.82, 2.24) is 15.1 Å². The Kier molecular flexibility index (Phi) is 7.53. The van der Waals surface area contributed by atoms with Crippen LogP contribution < -0.4 is 11.1 Å². The number of benzene rings is 1. The highest BCUT2D eigenvalue weighted by molar-refractivity contribution is 7.17. The van der Waals surface area contributed by atoms with Gasteiger partial charge in [0.1, 0.15) is 0 Å². The average Bonchev–Trinajstić information content (AvgIpc) is 3.47. The number of halogens is 2. The zero-order chi connectivity index (χ0) is 23.7. The molecule has 1 aliphatic heterocycles. The molecule has 2 fully saturated rings. The summed E-state index contributed by atoms with van der Waals surface area (Å²) in [6, 6.07) is 7.32. The lowest BCUT2D eigenvalue weighted by Crippen LogP contribution is -2.48. The van der Waals surface area contributed by atoms with Crippen molar-refractivity contribution in [3.05, 3.63) is 44.8 Å². The minimum atomic E-state index is -0.467. The predicted octanol–water partition coefficient (Wildman–Crippen LogP) is 5.40. The lowest BCUT2D eigenvalue weighted by molar-refractivity contribution is 0.100. The highest BCUT2D eigenvalue weighted by Crippen LogP contribution is 2.44. The van der Waals surface area contributed by atoms with E-state index in [9.17, 15) is 9.59 Å². The van der Waals surface area contributed by atoms with E-state index < -0.39 is 5.91 Å². The number of carbonyl (C=O) groups excluding carboxylic acids is 2. The van der Waals surface area contributed by atoms with Crippen molar-refractivity contribution in [3.8, 4) is 10.4 Å². The van der Waals surface area contributed by atoms with Crippen molar-refractivity contribution in [1.29, 1.82) is 0 Å². The van der Waals surface area contributed by atoms with Gasteiger partial charge in [0, 0.05) is 23.5 Å². The third-order valence-electron chi connectivity index (χ3n) is 6.72. The van der Waals surface area contributed by atoms with Gasteiger partial charge in [-0.1, -0.05) is 48.2 Å². The van der Waals surface area contributed by atoms with Gasteiger partial charge >= 0.3 is 6.03 Å². The lowest BCUT2D eigenvalue weighted by Gasteiger charge is -2.36. The monoisotopic (exact) mass is 508 g/mol. The van der Waals surface area contributed by atoms with E-state index in [-0.39, 0.29) is 18.1 Å². The number of piperidine rings is 1. The predicted molar refractivity (Wildman–Crippen MR) is 135 cm³/mol.